The van der Waals surface area contributed by atoms with Crippen molar-refractivity contribution in [3.05, 3.63) is 0 Å². The molecule has 0 aromatic carbocycles. The Labute approximate surface area is 209 Å². The van der Waals surface area contributed by atoms with E-state index in [1.165, 1.54) is 0 Å². The van der Waals surface area contributed by atoms with Crippen LogP contribution in [0.4, 0.5) is 0 Å². The third kappa shape index (κ3) is 2570. The van der Waals surface area contributed by atoms with E-state index < -0.39 is 23.9 Å². The summed E-state index contributed by atoms with van der Waals surface area (Å²) in [6.07, 6.45) is 0. The first-order chi connectivity index (χ1) is 6.93. The van der Waals surface area contributed by atoms with Gasteiger partial charge in [0.25, 0.3) is 23.9 Å². The summed E-state index contributed by atoms with van der Waals surface area (Å²) in [5.74, 6) is -3.33. The molecule has 0 rings (SSSR count). The molecule has 0 radical (unpaired) electrons. The summed E-state index contributed by atoms with van der Waals surface area (Å²) in [6.45, 7) is 4.33. The molecular formula is C8H22AlCaCrNaO8Zn. The Bertz CT molecular complexity index is 184. The Kier molecular flexibility index (Phi) is 134. The average molecular weight is 454 g/mol. The summed E-state index contributed by atoms with van der Waals surface area (Å²) in [4.78, 5) is 36.0. The Hall–Kier alpha value is 1.83. The summed E-state index contributed by atoms with van der Waals surface area (Å²) in [6, 6.07) is 0. The van der Waals surface area contributed by atoms with Gasteiger partial charge >= 0.3 is 67.3 Å². The molecule has 4 N–H and O–H groups in total. The van der Waals surface area contributed by atoms with Crippen molar-refractivity contribution < 1.29 is 76.4 Å². The Balaban J connectivity index is -0.0000000121. The second-order valence-corrected chi connectivity index (χ2v) is 2.08. The zero-order valence-corrected chi connectivity index (χ0v) is 14.8. The third-order valence-corrected chi connectivity index (χ3v) is 0. The zero-order chi connectivity index (χ0) is 14.3. The molecule has 0 saturated carbocycles. The van der Waals surface area contributed by atoms with E-state index in [9.17, 15) is 0 Å². The van der Waals surface area contributed by atoms with Gasteiger partial charge in [-0.15, -0.1) is 0 Å². The van der Waals surface area contributed by atoms with E-state index in [4.69, 9.17) is 39.6 Å². The van der Waals surface area contributed by atoms with Crippen LogP contribution >= 0.6 is 0 Å². The van der Waals surface area contributed by atoms with E-state index in [1.807, 2.05) is 0 Å². The van der Waals surface area contributed by atoms with Crippen LogP contribution in [0.3, 0.4) is 0 Å². The molecule has 0 fully saturated rings. The van der Waals surface area contributed by atoms with E-state index in [0.717, 1.165) is 27.7 Å². The van der Waals surface area contributed by atoms with Gasteiger partial charge in [0.1, 0.15) is 0 Å². The molecule has 0 atom stereocenters. The van der Waals surface area contributed by atoms with Gasteiger partial charge in [-0.05, 0) is 0 Å². The van der Waals surface area contributed by atoms with Crippen molar-refractivity contribution in [3.63, 3.8) is 0 Å². The third-order valence-electron chi connectivity index (χ3n) is 0. The molecule has 21 heavy (non-hydrogen) atoms. The Morgan fingerprint density at radius 1 is 0.619 bits per heavy atom. The van der Waals surface area contributed by atoms with Crippen LogP contribution in [0, 0.1) is 0 Å². The molecule has 0 aliphatic rings. The van der Waals surface area contributed by atoms with Crippen LogP contribution in [0.25, 0.3) is 0 Å². The van der Waals surface area contributed by atoms with Gasteiger partial charge in [0, 0.05) is 64.5 Å². The van der Waals surface area contributed by atoms with E-state index in [2.05, 4.69) is 0 Å². The van der Waals surface area contributed by atoms with Crippen LogP contribution in [0.2, 0.25) is 0 Å². The maximum Gasteiger partial charge on any atom is 0 e. The molecule has 8 nitrogen and oxygen atoms in total. The summed E-state index contributed by atoms with van der Waals surface area (Å²) in [5, 5.41) is 29.7. The van der Waals surface area contributed by atoms with Gasteiger partial charge in [0.05, 0.1) is 0 Å². The molecule has 0 aliphatic carbocycles. The van der Waals surface area contributed by atoms with Crippen LogP contribution in [0.5, 0.6) is 0 Å². The summed E-state index contributed by atoms with van der Waals surface area (Å²) >= 11 is 0. The van der Waals surface area contributed by atoms with E-state index in [-0.39, 0.29) is 121 Å². The van der Waals surface area contributed by atoms with Gasteiger partial charge in [-0.25, -0.2) is 0 Å². The van der Waals surface area contributed by atoms with Crippen molar-refractivity contribution in [2.45, 2.75) is 27.7 Å². The average Bonchev–Trinajstić information content (AvgIpc) is 1.76. The van der Waals surface area contributed by atoms with Crippen molar-refractivity contribution in [1.82, 2.24) is 0 Å². The number of carboxylic acids is 4. The minimum atomic E-state index is -0.833. The molecule has 0 saturated heterocycles. The molecule has 0 aromatic heterocycles. The topological polar surface area (TPSA) is 149 Å². The van der Waals surface area contributed by atoms with E-state index in [1.54, 1.807) is 0 Å². The molecule has 0 aromatic rings. The normalized spacial score (nSPS) is 4.76. The first-order valence-electron chi connectivity index (χ1n) is 3.71. The first kappa shape index (κ1) is 56.9. The molecule has 0 aliphatic heterocycles. The fourth-order valence-corrected chi connectivity index (χ4v) is 0. The number of carboxylic acid groups (broad SMARTS) is 4. The minimum absolute atomic E-state index is 0. The fraction of sp³-hybridized carbons (Fsp3) is 0.500. The second-order valence-electron chi connectivity index (χ2n) is 2.08. The van der Waals surface area contributed by atoms with Crippen molar-refractivity contribution in [3.8, 4) is 0 Å². The quantitative estimate of drug-likeness (QED) is 0.297. The number of aliphatic carboxylic acids is 4. The molecule has 0 heterocycles. The van der Waals surface area contributed by atoms with Crippen LogP contribution < -0.4 is 0 Å². The van der Waals surface area contributed by atoms with Gasteiger partial charge in [0.15, 0.2) is 17.4 Å². The number of rotatable bonds is 0. The van der Waals surface area contributed by atoms with Gasteiger partial charge < -0.3 is 20.4 Å². The van der Waals surface area contributed by atoms with Crippen LogP contribution in [0.1, 0.15) is 27.7 Å². The smallest absolute Gasteiger partial charge is 0 e. The monoisotopic (exact) mass is 452 g/mol. The molecule has 0 bridgehead atoms. The van der Waals surface area contributed by atoms with Crippen molar-refractivity contribution in [2.75, 3.05) is 0 Å². The maximum absolute atomic E-state index is 9.00. The number of hydrogen-bond donors (Lipinski definition) is 4. The predicted molar refractivity (Wildman–Crippen MR) is 78.9 cm³/mol. The molecule has 0 amide bonds. The van der Waals surface area contributed by atoms with Crippen molar-refractivity contribution >= 4 is 109 Å². The van der Waals surface area contributed by atoms with Gasteiger partial charge in [-0.2, -0.15) is 0 Å². The summed E-state index contributed by atoms with van der Waals surface area (Å²) < 4.78 is 0. The van der Waals surface area contributed by atoms with Gasteiger partial charge in [-0.3, -0.25) is 19.2 Å². The van der Waals surface area contributed by atoms with E-state index >= 15 is 0 Å². The molecular weight excluding hydrogens is 432 g/mol. The second kappa shape index (κ2) is 49.5. The number of hydrogen-bond acceptors (Lipinski definition) is 4. The SMILES string of the molecule is CC(=O)O.CC(=O)O.CC(=O)O.CC(=O)O.[AlH3].[CaH2].[Cr].[NaH].[Zn]. The summed E-state index contributed by atoms with van der Waals surface area (Å²) in [5.41, 5.74) is 0. The van der Waals surface area contributed by atoms with Gasteiger partial charge in [-0.1, -0.05) is 0 Å². The first-order valence-corrected chi connectivity index (χ1v) is 3.71. The van der Waals surface area contributed by atoms with Crippen LogP contribution in [-0.2, 0) is 56.0 Å². The Morgan fingerprint density at radius 3 is 0.619 bits per heavy atom. The summed E-state index contributed by atoms with van der Waals surface area (Å²) in [7, 11) is 0. The molecule has 0 unspecified atom stereocenters. The maximum atomic E-state index is 9.00. The van der Waals surface area contributed by atoms with Crippen molar-refractivity contribution in [1.29, 1.82) is 0 Å². The standard InChI is InChI=1S/4C2H4O2.Al.Ca.Cr.Na.Zn.6H/c4*1-2(3)4;;;;;;;;;;;/h4*1H3,(H,3,4);;;;;;;;;;;. The minimum Gasteiger partial charge on any atom is 0 e. The zero-order valence-electron chi connectivity index (χ0n) is 10.5. The van der Waals surface area contributed by atoms with Crippen LogP contribution in [0.15, 0.2) is 0 Å². The largest absolute Gasteiger partial charge is 0 e. The number of carbonyl (C=O) groups is 4. The van der Waals surface area contributed by atoms with Crippen molar-refractivity contribution in [2.24, 2.45) is 0 Å². The molecule has 0 spiro atoms. The van der Waals surface area contributed by atoms with E-state index in [0.29, 0.717) is 0 Å². The fourth-order valence-electron chi connectivity index (χ4n) is 0. The molecule has 13 heteroatoms. The van der Waals surface area contributed by atoms with Gasteiger partial charge in [0.2, 0.25) is 0 Å². The Morgan fingerprint density at radius 2 is 0.619 bits per heavy atom. The molecule has 116 valence electrons. The van der Waals surface area contributed by atoms with Crippen LogP contribution in [-0.4, -0.2) is 129 Å². The predicted octanol–water partition coefficient (Wildman–Crippen LogP) is -2.39.